The average Bonchev–Trinajstić information content (AvgIpc) is 3.68. The van der Waals surface area contributed by atoms with E-state index in [1.807, 2.05) is 53.4 Å². The molecular formula is C26H26ClN5O2. The van der Waals surface area contributed by atoms with Crippen LogP contribution in [0.2, 0.25) is 5.02 Å². The Hall–Kier alpha value is -3.45. The number of nitrogens with one attached hydrogen (secondary N) is 1. The number of amides is 2. The highest BCUT2D eigenvalue weighted by Gasteiger charge is 2.43. The second kappa shape index (κ2) is 9.81. The van der Waals surface area contributed by atoms with Crippen molar-refractivity contribution < 1.29 is 9.59 Å². The van der Waals surface area contributed by atoms with Gasteiger partial charge in [-0.3, -0.25) is 9.59 Å². The summed E-state index contributed by atoms with van der Waals surface area (Å²) in [6, 6.07) is 17.0. The minimum Gasteiger partial charge on any atom is -0.339 e. The molecule has 7 nitrogen and oxygen atoms in total. The summed E-state index contributed by atoms with van der Waals surface area (Å²) in [5, 5.41) is 3.70. The van der Waals surface area contributed by atoms with Crippen LogP contribution in [0.4, 0.5) is 11.6 Å². The molecule has 1 N–H and O–H groups in total. The Balaban J connectivity index is 1.09. The second-order valence-electron chi connectivity index (χ2n) is 8.78. The van der Waals surface area contributed by atoms with E-state index < -0.39 is 0 Å². The molecule has 1 aliphatic heterocycles. The van der Waals surface area contributed by atoms with Gasteiger partial charge in [0.25, 0.3) is 0 Å². The summed E-state index contributed by atoms with van der Waals surface area (Å²) >= 11 is 5.95. The predicted octanol–water partition coefficient (Wildman–Crippen LogP) is 3.76. The van der Waals surface area contributed by atoms with E-state index in [9.17, 15) is 9.59 Å². The van der Waals surface area contributed by atoms with Crippen LogP contribution >= 0.6 is 11.6 Å². The Kier molecular flexibility index (Phi) is 6.45. The largest absolute Gasteiger partial charge is 0.339 e. The highest BCUT2D eigenvalue weighted by atomic mass is 35.5. The Bertz CT molecular complexity index is 1150. The third-order valence-corrected chi connectivity index (χ3v) is 6.72. The molecule has 2 atom stereocenters. The van der Waals surface area contributed by atoms with Gasteiger partial charge in [-0.1, -0.05) is 35.9 Å². The van der Waals surface area contributed by atoms with Crippen LogP contribution in [0.3, 0.4) is 0 Å². The molecule has 1 saturated carbocycles. The van der Waals surface area contributed by atoms with Gasteiger partial charge in [-0.2, -0.15) is 0 Å². The molecule has 1 aromatic heterocycles. The van der Waals surface area contributed by atoms with Crippen molar-refractivity contribution >= 4 is 35.1 Å². The highest BCUT2D eigenvalue weighted by molar-refractivity contribution is 6.30. The van der Waals surface area contributed by atoms with Crippen LogP contribution < -0.4 is 10.2 Å². The molecule has 174 valence electrons. The number of halogens is 1. The van der Waals surface area contributed by atoms with Crippen LogP contribution in [0.1, 0.15) is 23.5 Å². The van der Waals surface area contributed by atoms with Gasteiger partial charge in [-0.05, 0) is 53.8 Å². The zero-order valence-corrected chi connectivity index (χ0v) is 19.5. The van der Waals surface area contributed by atoms with Gasteiger partial charge in [0.15, 0.2) is 0 Å². The summed E-state index contributed by atoms with van der Waals surface area (Å²) in [5.41, 5.74) is 2.83. The molecule has 0 bridgehead atoms. The first kappa shape index (κ1) is 22.3. The third-order valence-electron chi connectivity index (χ3n) is 6.47. The molecule has 0 spiro atoms. The number of hydrogen-bond acceptors (Lipinski definition) is 5. The van der Waals surface area contributed by atoms with Crippen LogP contribution in [0.15, 0.2) is 67.0 Å². The van der Waals surface area contributed by atoms with E-state index in [4.69, 9.17) is 11.6 Å². The molecule has 2 amide bonds. The van der Waals surface area contributed by atoms with E-state index in [1.54, 1.807) is 18.5 Å². The fraction of sp³-hybridized carbons (Fsp3) is 0.308. The summed E-state index contributed by atoms with van der Waals surface area (Å²) in [7, 11) is 0. The number of nitrogens with zero attached hydrogens (tertiary/aromatic N) is 4. The lowest BCUT2D eigenvalue weighted by atomic mass is 10.1. The van der Waals surface area contributed by atoms with Crippen molar-refractivity contribution in [2.75, 3.05) is 36.4 Å². The predicted molar refractivity (Wildman–Crippen MR) is 132 cm³/mol. The lowest BCUT2D eigenvalue weighted by Gasteiger charge is -2.34. The Morgan fingerprint density at radius 2 is 1.62 bits per heavy atom. The van der Waals surface area contributed by atoms with Crippen LogP contribution in [-0.4, -0.2) is 52.9 Å². The minimum atomic E-state index is -0.0117. The van der Waals surface area contributed by atoms with Crippen molar-refractivity contribution in [2.24, 2.45) is 5.92 Å². The fourth-order valence-electron chi connectivity index (χ4n) is 4.40. The molecule has 1 saturated heterocycles. The molecular weight excluding hydrogens is 450 g/mol. The zero-order valence-electron chi connectivity index (χ0n) is 18.7. The van der Waals surface area contributed by atoms with Gasteiger partial charge in [-0.15, -0.1) is 0 Å². The summed E-state index contributed by atoms with van der Waals surface area (Å²) in [5.74, 6) is 1.08. The van der Waals surface area contributed by atoms with Crippen molar-refractivity contribution in [1.82, 2.24) is 14.9 Å². The van der Waals surface area contributed by atoms with Gasteiger partial charge in [0.05, 0.1) is 6.42 Å². The van der Waals surface area contributed by atoms with Gasteiger partial charge in [0.2, 0.25) is 17.8 Å². The molecule has 3 aromatic rings. The summed E-state index contributed by atoms with van der Waals surface area (Å²) in [4.78, 5) is 37.9. The first-order valence-corrected chi connectivity index (χ1v) is 11.9. The maximum Gasteiger partial charge on any atom is 0.228 e. The van der Waals surface area contributed by atoms with Crippen LogP contribution in [0, 0.1) is 5.92 Å². The fourth-order valence-corrected chi connectivity index (χ4v) is 4.53. The molecule has 2 heterocycles. The van der Waals surface area contributed by atoms with Crippen molar-refractivity contribution in [3.8, 4) is 0 Å². The number of benzene rings is 2. The Morgan fingerprint density at radius 3 is 2.29 bits per heavy atom. The SMILES string of the molecule is O=C(Nc1ccc(CC(=O)N2CCN(c3ncccn3)CC2)cc1)C1CC1c1ccc(Cl)cc1. The van der Waals surface area contributed by atoms with Gasteiger partial charge in [0.1, 0.15) is 0 Å². The molecule has 2 fully saturated rings. The number of piperazine rings is 1. The molecule has 2 aromatic carbocycles. The standard InChI is InChI=1S/C26H26ClN5O2/c27-20-6-4-19(5-7-20)22-17-23(22)25(34)30-21-8-2-18(3-9-21)16-24(33)31-12-14-32(15-13-31)26-28-10-1-11-29-26/h1-11,22-23H,12-17H2,(H,30,34). The van der Waals surface area contributed by atoms with Gasteiger partial charge in [0, 0.05) is 55.2 Å². The zero-order chi connectivity index (χ0) is 23.5. The molecule has 0 radical (unpaired) electrons. The average molecular weight is 476 g/mol. The number of hydrogen-bond donors (Lipinski definition) is 1. The van der Waals surface area contributed by atoms with Crippen LogP contribution in [0.25, 0.3) is 0 Å². The lowest BCUT2D eigenvalue weighted by molar-refractivity contribution is -0.130. The first-order chi connectivity index (χ1) is 16.6. The van der Waals surface area contributed by atoms with E-state index >= 15 is 0 Å². The number of carbonyl (C=O) groups excluding carboxylic acids is 2. The van der Waals surface area contributed by atoms with E-state index in [1.165, 1.54) is 0 Å². The number of anilines is 2. The van der Waals surface area contributed by atoms with Crippen molar-refractivity contribution in [3.63, 3.8) is 0 Å². The summed E-state index contributed by atoms with van der Waals surface area (Å²) in [6.45, 7) is 2.75. The normalized spacial score (nSPS) is 19.6. The van der Waals surface area contributed by atoms with E-state index in [-0.39, 0.29) is 23.7 Å². The lowest BCUT2D eigenvalue weighted by Crippen LogP contribution is -2.49. The van der Waals surface area contributed by atoms with Crippen molar-refractivity contribution in [1.29, 1.82) is 0 Å². The highest BCUT2D eigenvalue weighted by Crippen LogP contribution is 2.48. The van der Waals surface area contributed by atoms with Crippen LogP contribution in [-0.2, 0) is 16.0 Å². The smallest absolute Gasteiger partial charge is 0.228 e. The number of aromatic nitrogens is 2. The van der Waals surface area contributed by atoms with Crippen molar-refractivity contribution in [2.45, 2.75) is 18.8 Å². The number of rotatable bonds is 6. The first-order valence-electron chi connectivity index (χ1n) is 11.5. The summed E-state index contributed by atoms with van der Waals surface area (Å²) < 4.78 is 0. The van der Waals surface area contributed by atoms with E-state index in [0.717, 1.165) is 36.3 Å². The Labute approximate surface area is 203 Å². The quantitative estimate of drug-likeness (QED) is 0.587. The summed E-state index contributed by atoms with van der Waals surface area (Å²) in [6.07, 6.45) is 4.66. The number of carbonyl (C=O) groups is 2. The maximum absolute atomic E-state index is 12.8. The molecule has 5 rings (SSSR count). The molecule has 2 aliphatic rings. The second-order valence-corrected chi connectivity index (χ2v) is 9.22. The molecule has 8 heteroatoms. The van der Waals surface area contributed by atoms with E-state index in [2.05, 4.69) is 20.2 Å². The Morgan fingerprint density at radius 1 is 0.941 bits per heavy atom. The minimum absolute atomic E-state index is 0.0117. The topological polar surface area (TPSA) is 78.4 Å². The molecule has 34 heavy (non-hydrogen) atoms. The molecule has 1 aliphatic carbocycles. The van der Waals surface area contributed by atoms with Gasteiger partial charge < -0.3 is 15.1 Å². The van der Waals surface area contributed by atoms with Gasteiger partial charge in [-0.25, -0.2) is 9.97 Å². The van der Waals surface area contributed by atoms with Gasteiger partial charge >= 0.3 is 0 Å². The molecule has 2 unspecified atom stereocenters. The van der Waals surface area contributed by atoms with E-state index in [0.29, 0.717) is 30.5 Å². The third kappa shape index (κ3) is 5.20. The van der Waals surface area contributed by atoms with Crippen molar-refractivity contribution in [3.05, 3.63) is 83.1 Å². The monoisotopic (exact) mass is 475 g/mol. The maximum atomic E-state index is 12.8. The van der Waals surface area contributed by atoms with Crippen LogP contribution in [0.5, 0.6) is 0 Å².